The third-order valence-electron chi connectivity index (χ3n) is 3.60. The molecule has 0 aliphatic carbocycles. The van der Waals surface area contributed by atoms with E-state index >= 15 is 0 Å². The second-order valence-electron chi connectivity index (χ2n) is 4.95. The van der Waals surface area contributed by atoms with E-state index in [2.05, 4.69) is 19.8 Å². The van der Waals surface area contributed by atoms with Crippen molar-refractivity contribution in [3.8, 4) is 0 Å². The molecule has 0 saturated carbocycles. The predicted octanol–water partition coefficient (Wildman–Crippen LogP) is 0.371. The van der Waals surface area contributed by atoms with Crippen LogP contribution in [-0.4, -0.2) is 54.2 Å². The molecule has 0 amide bonds. The summed E-state index contributed by atoms with van der Waals surface area (Å²) in [6.07, 6.45) is -1.08. The van der Waals surface area contributed by atoms with Crippen LogP contribution in [0.4, 0.5) is 10.2 Å². The van der Waals surface area contributed by atoms with Crippen LogP contribution in [0.15, 0.2) is 12.7 Å². The Morgan fingerprint density at radius 2 is 2.29 bits per heavy atom. The summed E-state index contributed by atoms with van der Waals surface area (Å²) < 4.78 is 21.5. The van der Waals surface area contributed by atoms with Crippen LogP contribution in [0.3, 0.4) is 0 Å². The number of aromatic nitrogens is 4. The Balaban J connectivity index is 2.09. The molecule has 0 spiro atoms. The topological polar surface area (TPSA) is 105 Å². The summed E-state index contributed by atoms with van der Waals surface area (Å²) in [4.78, 5) is 14.3. The van der Waals surface area contributed by atoms with Gasteiger partial charge in [0, 0.05) is 11.8 Å². The average Bonchev–Trinajstić information content (AvgIpc) is 2.99. The lowest BCUT2D eigenvalue weighted by Gasteiger charge is -2.24. The van der Waals surface area contributed by atoms with Crippen molar-refractivity contribution in [2.24, 2.45) is 0 Å². The van der Waals surface area contributed by atoms with Gasteiger partial charge in [-0.3, -0.25) is 9.40 Å². The first-order valence-electron chi connectivity index (χ1n) is 6.18. The summed E-state index contributed by atoms with van der Waals surface area (Å²) in [5.74, 6) is 0.276. The van der Waals surface area contributed by atoms with Crippen molar-refractivity contribution in [3.05, 3.63) is 12.7 Å². The number of nitrogens with one attached hydrogen (secondary N) is 1. The molecule has 2 aromatic heterocycles. The van der Waals surface area contributed by atoms with Crippen molar-refractivity contribution in [2.45, 2.75) is 31.0 Å². The largest absolute Gasteiger partial charge is 0.394 e. The second-order valence-corrected chi connectivity index (χ2v) is 5.14. The summed E-state index contributed by atoms with van der Waals surface area (Å²) in [6, 6.07) is 0. The SMILES string of the molecule is CC1(F)C(O)[C@@H](CO)O[C@H]1n1cnc2c(NCl)ncnc21. The molecule has 1 aliphatic rings. The van der Waals surface area contributed by atoms with Gasteiger partial charge >= 0.3 is 0 Å². The third kappa shape index (κ3) is 2.04. The monoisotopic (exact) mass is 317 g/mol. The number of hydrogen-bond donors (Lipinski definition) is 3. The van der Waals surface area contributed by atoms with E-state index < -0.39 is 30.7 Å². The van der Waals surface area contributed by atoms with Crippen LogP contribution in [0.25, 0.3) is 11.2 Å². The van der Waals surface area contributed by atoms with Crippen molar-refractivity contribution in [1.29, 1.82) is 0 Å². The average molecular weight is 318 g/mol. The summed E-state index contributed by atoms with van der Waals surface area (Å²) in [5.41, 5.74) is -1.47. The van der Waals surface area contributed by atoms with Gasteiger partial charge in [0.15, 0.2) is 28.9 Å². The van der Waals surface area contributed by atoms with Crippen LogP contribution in [0.2, 0.25) is 0 Å². The number of imidazole rings is 1. The maximum absolute atomic E-state index is 14.8. The molecule has 114 valence electrons. The predicted molar refractivity (Wildman–Crippen MR) is 71.3 cm³/mol. The smallest absolute Gasteiger partial charge is 0.181 e. The summed E-state index contributed by atoms with van der Waals surface area (Å²) >= 11 is 5.53. The molecule has 3 heterocycles. The van der Waals surface area contributed by atoms with Gasteiger partial charge in [-0.1, -0.05) is 0 Å². The van der Waals surface area contributed by atoms with Crippen molar-refractivity contribution in [2.75, 3.05) is 11.4 Å². The van der Waals surface area contributed by atoms with Crippen LogP contribution in [0, 0.1) is 0 Å². The van der Waals surface area contributed by atoms with Crippen LogP contribution < -0.4 is 4.84 Å². The Kier molecular flexibility index (Phi) is 3.44. The number of nitrogens with zero attached hydrogens (tertiary/aromatic N) is 4. The summed E-state index contributed by atoms with van der Waals surface area (Å²) in [7, 11) is 0. The highest BCUT2D eigenvalue weighted by atomic mass is 35.5. The normalized spacial score (nSPS) is 32.7. The first-order valence-corrected chi connectivity index (χ1v) is 6.56. The fraction of sp³-hybridized carbons (Fsp3) is 0.545. The number of aliphatic hydroxyl groups excluding tert-OH is 2. The molecule has 2 aromatic rings. The van der Waals surface area contributed by atoms with Gasteiger partial charge in [0.25, 0.3) is 0 Å². The number of ether oxygens (including phenoxy) is 1. The molecule has 3 N–H and O–H groups in total. The van der Waals surface area contributed by atoms with E-state index in [1.807, 2.05) is 0 Å². The van der Waals surface area contributed by atoms with E-state index in [1.165, 1.54) is 24.1 Å². The number of aliphatic hydroxyl groups is 2. The van der Waals surface area contributed by atoms with Crippen LogP contribution in [0.1, 0.15) is 13.2 Å². The minimum atomic E-state index is -2.11. The highest BCUT2D eigenvalue weighted by Gasteiger charge is 2.55. The molecule has 4 atom stereocenters. The molecule has 21 heavy (non-hydrogen) atoms. The van der Waals surface area contributed by atoms with Gasteiger partial charge in [0.05, 0.1) is 12.9 Å². The molecule has 3 rings (SSSR count). The molecule has 0 aromatic carbocycles. The number of anilines is 1. The quantitative estimate of drug-likeness (QED) is 0.702. The van der Waals surface area contributed by atoms with Gasteiger partial charge in [-0.15, -0.1) is 0 Å². The van der Waals surface area contributed by atoms with Crippen LogP contribution in [0.5, 0.6) is 0 Å². The first kappa shape index (κ1) is 14.4. The molecule has 1 saturated heterocycles. The number of fused-ring (bicyclic) bond motifs is 1. The highest BCUT2D eigenvalue weighted by Crippen LogP contribution is 2.42. The zero-order valence-electron chi connectivity index (χ0n) is 10.9. The maximum Gasteiger partial charge on any atom is 0.181 e. The fourth-order valence-electron chi connectivity index (χ4n) is 2.46. The van der Waals surface area contributed by atoms with Gasteiger partial charge in [-0.25, -0.2) is 19.3 Å². The van der Waals surface area contributed by atoms with E-state index in [0.717, 1.165) is 0 Å². The Morgan fingerprint density at radius 3 is 2.90 bits per heavy atom. The van der Waals surface area contributed by atoms with Crippen molar-refractivity contribution < 1.29 is 19.3 Å². The Morgan fingerprint density at radius 1 is 1.52 bits per heavy atom. The van der Waals surface area contributed by atoms with E-state index in [9.17, 15) is 9.50 Å². The first-order chi connectivity index (χ1) is 10.0. The molecule has 1 fully saturated rings. The molecule has 0 radical (unpaired) electrons. The van der Waals surface area contributed by atoms with E-state index in [-0.39, 0.29) is 5.82 Å². The maximum atomic E-state index is 14.8. The van der Waals surface area contributed by atoms with E-state index in [4.69, 9.17) is 21.6 Å². The molecule has 1 aliphatic heterocycles. The van der Waals surface area contributed by atoms with Crippen molar-refractivity contribution >= 4 is 28.8 Å². The lowest BCUT2D eigenvalue weighted by Crippen LogP contribution is -2.40. The van der Waals surface area contributed by atoms with Gasteiger partial charge in [0.1, 0.15) is 18.5 Å². The number of hydrogen-bond acceptors (Lipinski definition) is 7. The zero-order chi connectivity index (χ0) is 15.2. The number of halogens is 2. The Bertz CT molecular complexity index is 666. The Labute approximate surface area is 123 Å². The van der Waals surface area contributed by atoms with Gasteiger partial charge < -0.3 is 14.9 Å². The van der Waals surface area contributed by atoms with Crippen LogP contribution in [-0.2, 0) is 4.74 Å². The van der Waals surface area contributed by atoms with Crippen molar-refractivity contribution in [1.82, 2.24) is 19.5 Å². The summed E-state index contributed by atoms with van der Waals surface area (Å²) in [5, 5.41) is 19.0. The second kappa shape index (κ2) is 5.02. The van der Waals surface area contributed by atoms with E-state index in [1.54, 1.807) is 0 Å². The standard InChI is InChI=1S/C11H13ClFN5O3/c1-11(13)7(20)5(2-19)21-10(11)18-4-16-6-8(17-12)14-3-15-9(6)18/h3-5,7,10,19-20H,2H2,1H3,(H,14,15,17)/t5-,7?,10-,11?/m1/s1. The molecule has 0 bridgehead atoms. The van der Waals surface area contributed by atoms with Gasteiger partial charge in [0.2, 0.25) is 0 Å². The zero-order valence-corrected chi connectivity index (χ0v) is 11.7. The fourth-order valence-corrected chi connectivity index (χ4v) is 2.59. The molecule has 10 heteroatoms. The van der Waals surface area contributed by atoms with Gasteiger partial charge in [-0.05, 0) is 6.92 Å². The number of rotatable bonds is 3. The molecule has 8 nitrogen and oxygen atoms in total. The number of alkyl halides is 1. The molecule has 2 unspecified atom stereocenters. The third-order valence-corrected chi connectivity index (χ3v) is 3.78. The summed E-state index contributed by atoms with van der Waals surface area (Å²) in [6.45, 7) is 0.707. The lowest BCUT2D eigenvalue weighted by atomic mass is 9.98. The lowest BCUT2D eigenvalue weighted by molar-refractivity contribution is -0.0566. The Hall–Kier alpha value is -1.55. The van der Waals surface area contributed by atoms with Gasteiger partial charge in [-0.2, -0.15) is 0 Å². The van der Waals surface area contributed by atoms with E-state index in [0.29, 0.717) is 11.2 Å². The van der Waals surface area contributed by atoms with Crippen LogP contribution >= 0.6 is 11.8 Å². The molecular formula is C11H13ClFN5O3. The molecular weight excluding hydrogens is 305 g/mol. The van der Waals surface area contributed by atoms with Crippen molar-refractivity contribution in [3.63, 3.8) is 0 Å². The minimum absolute atomic E-state index is 0.276. The highest BCUT2D eigenvalue weighted by molar-refractivity contribution is 6.24. The minimum Gasteiger partial charge on any atom is -0.394 e.